The van der Waals surface area contributed by atoms with E-state index in [-0.39, 0.29) is 0 Å². The van der Waals surface area contributed by atoms with Crippen LogP contribution in [0.1, 0.15) is 43.6 Å². The first kappa shape index (κ1) is 13.2. The van der Waals surface area contributed by atoms with Crippen molar-refractivity contribution in [1.29, 1.82) is 0 Å². The number of aromatic nitrogens is 2. The van der Waals surface area contributed by atoms with Crippen LogP contribution in [-0.2, 0) is 6.42 Å². The molecular weight excluding hydrogens is 244 g/mol. The van der Waals surface area contributed by atoms with Crippen LogP contribution >= 0.6 is 11.6 Å². The highest BCUT2D eigenvalue weighted by Gasteiger charge is 2.10. The molecule has 2 nitrogen and oxygen atoms in total. The maximum atomic E-state index is 6.37. The Bertz CT molecular complexity index is 556. The van der Waals surface area contributed by atoms with Gasteiger partial charge in [-0.3, -0.25) is 0 Å². The van der Waals surface area contributed by atoms with Crippen molar-refractivity contribution in [2.24, 2.45) is 0 Å². The van der Waals surface area contributed by atoms with Gasteiger partial charge in [0.25, 0.3) is 0 Å². The highest BCUT2D eigenvalue weighted by atomic mass is 35.5. The lowest BCUT2D eigenvalue weighted by molar-refractivity contribution is 0.813. The van der Waals surface area contributed by atoms with E-state index in [0.717, 1.165) is 28.5 Å². The Balaban J connectivity index is 2.47. The summed E-state index contributed by atoms with van der Waals surface area (Å²) in [5.41, 5.74) is 4.42. The molecule has 0 aliphatic heterocycles. The SMILES string of the molecule is CCc1cc(C)n(-c2ccc(C(C)C)cc2Cl)n1. The number of nitrogens with zero attached hydrogens (tertiary/aromatic N) is 2. The Kier molecular flexibility index (Phi) is 3.76. The van der Waals surface area contributed by atoms with E-state index in [4.69, 9.17) is 11.6 Å². The molecule has 0 saturated carbocycles. The summed E-state index contributed by atoms with van der Waals surface area (Å²) in [6, 6.07) is 8.32. The average molecular weight is 263 g/mol. The predicted octanol–water partition coefficient (Wildman–Crippen LogP) is 4.52. The van der Waals surface area contributed by atoms with Crippen molar-refractivity contribution in [2.45, 2.75) is 40.0 Å². The van der Waals surface area contributed by atoms with Gasteiger partial charge in [0.15, 0.2) is 0 Å². The fraction of sp³-hybridized carbons (Fsp3) is 0.400. The lowest BCUT2D eigenvalue weighted by atomic mass is 10.0. The molecule has 0 bridgehead atoms. The van der Waals surface area contributed by atoms with Crippen LogP contribution in [0.25, 0.3) is 5.69 Å². The van der Waals surface area contributed by atoms with Crippen molar-refractivity contribution in [3.8, 4) is 5.69 Å². The van der Waals surface area contributed by atoms with Crippen molar-refractivity contribution in [3.05, 3.63) is 46.2 Å². The monoisotopic (exact) mass is 262 g/mol. The fourth-order valence-electron chi connectivity index (χ4n) is 2.01. The summed E-state index contributed by atoms with van der Waals surface area (Å²) in [5.74, 6) is 0.487. The van der Waals surface area contributed by atoms with Gasteiger partial charge in [0.05, 0.1) is 16.4 Å². The summed E-state index contributed by atoms with van der Waals surface area (Å²) in [6.07, 6.45) is 0.940. The Morgan fingerprint density at radius 2 is 2.00 bits per heavy atom. The first-order chi connectivity index (χ1) is 8.52. The van der Waals surface area contributed by atoms with Crippen LogP contribution < -0.4 is 0 Å². The third kappa shape index (κ3) is 2.44. The molecule has 2 aromatic rings. The highest BCUT2D eigenvalue weighted by Crippen LogP contribution is 2.26. The molecular formula is C15H19ClN2. The van der Waals surface area contributed by atoms with Gasteiger partial charge in [-0.1, -0.05) is 38.4 Å². The molecule has 0 aliphatic rings. The molecule has 0 N–H and O–H groups in total. The van der Waals surface area contributed by atoms with Crippen LogP contribution in [0, 0.1) is 6.92 Å². The Morgan fingerprint density at radius 1 is 1.28 bits per heavy atom. The second-order valence-electron chi connectivity index (χ2n) is 4.91. The predicted molar refractivity (Wildman–Crippen MR) is 76.8 cm³/mol. The molecule has 0 amide bonds. The van der Waals surface area contributed by atoms with Crippen LogP contribution in [0.4, 0.5) is 0 Å². The zero-order valence-electron chi connectivity index (χ0n) is 11.4. The summed E-state index contributed by atoms with van der Waals surface area (Å²) >= 11 is 6.37. The van der Waals surface area contributed by atoms with Crippen molar-refractivity contribution >= 4 is 11.6 Å². The van der Waals surface area contributed by atoms with Gasteiger partial charge in [0.2, 0.25) is 0 Å². The highest BCUT2D eigenvalue weighted by molar-refractivity contribution is 6.32. The molecule has 18 heavy (non-hydrogen) atoms. The number of benzene rings is 1. The van der Waals surface area contributed by atoms with Gasteiger partial charge in [0, 0.05) is 5.69 Å². The molecule has 0 atom stereocenters. The van der Waals surface area contributed by atoms with Gasteiger partial charge in [-0.25, -0.2) is 4.68 Å². The Labute approximate surface area is 114 Å². The normalized spacial score (nSPS) is 11.2. The lowest BCUT2D eigenvalue weighted by Crippen LogP contribution is -2.01. The fourth-order valence-corrected chi connectivity index (χ4v) is 2.28. The largest absolute Gasteiger partial charge is 0.236 e. The minimum atomic E-state index is 0.487. The molecule has 0 saturated heterocycles. The maximum Gasteiger partial charge on any atom is 0.0835 e. The summed E-state index contributed by atoms with van der Waals surface area (Å²) in [4.78, 5) is 0. The zero-order chi connectivity index (χ0) is 13.3. The van der Waals surface area contributed by atoms with Gasteiger partial charge in [-0.05, 0) is 43.0 Å². The summed E-state index contributed by atoms with van der Waals surface area (Å²) < 4.78 is 1.92. The molecule has 3 heteroatoms. The minimum absolute atomic E-state index is 0.487. The van der Waals surface area contributed by atoms with Gasteiger partial charge in [0.1, 0.15) is 0 Å². The molecule has 0 spiro atoms. The summed E-state index contributed by atoms with van der Waals surface area (Å²) in [5, 5.41) is 5.33. The van der Waals surface area contributed by atoms with Gasteiger partial charge in [-0.15, -0.1) is 0 Å². The second-order valence-corrected chi connectivity index (χ2v) is 5.32. The van der Waals surface area contributed by atoms with Gasteiger partial charge < -0.3 is 0 Å². The summed E-state index contributed by atoms with van der Waals surface area (Å²) in [6.45, 7) is 8.49. The number of hydrogen-bond donors (Lipinski definition) is 0. The zero-order valence-corrected chi connectivity index (χ0v) is 12.1. The molecule has 96 valence electrons. The topological polar surface area (TPSA) is 17.8 Å². The molecule has 2 rings (SSSR count). The van der Waals surface area contributed by atoms with E-state index in [9.17, 15) is 0 Å². The average Bonchev–Trinajstić information content (AvgIpc) is 2.70. The van der Waals surface area contributed by atoms with E-state index in [0.29, 0.717) is 5.92 Å². The van der Waals surface area contributed by atoms with E-state index >= 15 is 0 Å². The first-order valence-corrected chi connectivity index (χ1v) is 6.76. The minimum Gasteiger partial charge on any atom is -0.236 e. The molecule has 0 fully saturated rings. The van der Waals surface area contributed by atoms with E-state index in [2.05, 4.69) is 51.0 Å². The third-order valence-electron chi connectivity index (χ3n) is 3.17. The lowest BCUT2D eigenvalue weighted by Gasteiger charge is -2.10. The third-order valence-corrected chi connectivity index (χ3v) is 3.47. The van der Waals surface area contributed by atoms with Crippen LogP contribution in [-0.4, -0.2) is 9.78 Å². The number of hydrogen-bond acceptors (Lipinski definition) is 1. The first-order valence-electron chi connectivity index (χ1n) is 6.38. The van der Waals surface area contributed by atoms with E-state index in [1.165, 1.54) is 5.56 Å². The van der Waals surface area contributed by atoms with Crippen molar-refractivity contribution < 1.29 is 0 Å². The van der Waals surface area contributed by atoms with Crippen LogP contribution in [0.5, 0.6) is 0 Å². The molecule has 1 aromatic heterocycles. The van der Waals surface area contributed by atoms with Crippen molar-refractivity contribution in [1.82, 2.24) is 9.78 Å². The summed E-state index contributed by atoms with van der Waals surface area (Å²) in [7, 11) is 0. The van der Waals surface area contributed by atoms with Crippen LogP contribution in [0.3, 0.4) is 0 Å². The van der Waals surface area contributed by atoms with Crippen LogP contribution in [0.2, 0.25) is 5.02 Å². The van der Waals surface area contributed by atoms with E-state index in [1.54, 1.807) is 0 Å². The van der Waals surface area contributed by atoms with Gasteiger partial charge in [-0.2, -0.15) is 5.10 Å². The van der Waals surface area contributed by atoms with Crippen LogP contribution in [0.15, 0.2) is 24.3 Å². The molecule has 0 aliphatic carbocycles. The van der Waals surface area contributed by atoms with E-state index in [1.807, 2.05) is 10.7 Å². The standard InChI is InChI=1S/C15H19ClN2/c1-5-13-8-11(4)18(17-13)15-7-6-12(10(2)3)9-14(15)16/h6-10H,5H2,1-4H3. The Hall–Kier alpha value is -1.28. The molecule has 1 heterocycles. The number of halogens is 1. The second kappa shape index (κ2) is 5.15. The number of aryl methyl sites for hydroxylation is 2. The quantitative estimate of drug-likeness (QED) is 0.795. The number of rotatable bonds is 3. The molecule has 1 aromatic carbocycles. The van der Waals surface area contributed by atoms with Gasteiger partial charge >= 0.3 is 0 Å². The van der Waals surface area contributed by atoms with Crippen molar-refractivity contribution in [2.75, 3.05) is 0 Å². The van der Waals surface area contributed by atoms with Crippen molar-refractivity contribution in [3.63, 3.8) is 0 Å². The van der Waals surface area contributed by atoms with E-state index < -0.39 is 0 Å². The molecule has 0 unspecified atom stereocenters. The Morgan fingerprint density at radius 3 is 2.50 bits per heavy atom. The maximum absolute atomic E-state index is 6.37. The smallest absolute Gasteiger partial charge is 0.0835 e. The molecule has 0 radical (unpaired) electrons.